The lowest BCUT2D eigenvalue weighted by Crippen LogP contribution is -2.17. The molecule has 4 rings (SSSR count). The lowest BCUT2D eigenvalue weighted by Gasteiger charge is -2.28. The zero-order valence-electron chi connectivity index (χ0n) is 8.48. The van der Waals surface area contributed by atoms with E-state index in [9.17, 15) is 0 Å². The Morgan fingerprint density at radius 3 is 3.13 bits per heavy atom. The quantitative estimate of drug-likeness (QED) is 0.590. The zero-order valence-corrected chi connectivity index (χ0v) is 8.48. The number of hydrogen-bond acceptors (Lipinski definition) is 0. The molecule has 15 heavy (non-hydrogen) atoms. The molecular formula is C15H12. The summed E-state index contributed by atoms with van der Waals surface area (Å²) in [4.78, 5) is 0. The number of allylic oxidation sites excluding steroid dienone is 5. The molecule has 0 aromatic heterocycles. The van der Waals surface area contributed by atoms with E-state index in [1.807, 2.05) is 0 Å². The molecule has 0 heteroatoms. The molecule has 2 unspecified atom stereocenters. The van der Waals surface area contributed by atoms with E-state index < -0.39 is 0 Å². The van der Waals surface area contributed by atoms with Crippen molar-refractivity contribution >= 4 is 6.08 Å². The van der Waals surface area contributed by atoms with Crippen LogP contribution in [0.3, 0.4) is 0 Å². The van der Waals surface area contributed by atoms with Crippen LogP contribution in [-0.4, -0.2) is 0 Å². The molecule has 0 nitrogen and oxygen atoms in total. The summed E-state index contributed by atoms with van der Waals surface area (Å²) in [5.74, 6) is 1.24. The van der Waals surface area contributed by atoms with Gasteiger partial charge in [-0.05, 0) is 23.1 Å². The van der Waals surface area contributed by atoms with Gasteiger partial charge in [0.15, 0.2) is 0 Å². The molecule has 72 valence electrons. The second-order valence-corrected chi connectivity index (χ2v) is 4.62. The number of rotatable bonds is 0. The first kappa shape index (κ1) is 7.70. The molecule has 0 saturated heterocycles. The van der Waals surface area contributed by atoms with Crippen LogP contribution in [0.4, 0.5) is 0 Å². The topological polar surface area (TPSA) is 0 Å². The highest BCUT2D eigenvalue weighted by Gasteiger charge is 2.33. The van der Waals surface area contributed by atoms with Gasteiger partial charge in [-0.25, -0.2) is 0 Å². The highest BCUT2D eigenvalue weighted by atomic mass is 14.4. The molecule has 0 aliphatic heterocycles. The van der Waals surface area contributed by atoms with Gasteiger partial charge < -0.3 is 0 Å². The smallest absolute Gasteiger partial charge is 0.0249 e. The molecule has 1 aromatic carbocycles. The van der Waals surface area contributed by atoms with Crippen molar-refractivity contribution in [2.45, 2.75) is 12.3 Å². The Bertz CT molecular complexity index is 529. The molecule has 2 atom stereocenters. The standard InChI is InChI=1S/C15H12/c1-3-10-7-8-14-13-6-2-4-11(13)9-12(5-1)15(10)14/h1-8,11,14H,9H2. The number of fused-ring (bicyclic) bond motifs is 2. The molecule has 0 fully saturated rings. The van der Waals surface area contributed by atoms with E-state index in [1.54, 1.807) is 16.7 Å². The molecule has 0 heterocycles. The second kappa shape index (κ2) is 2.52. The maximum absolute atomic E-state index is 2.36. The minimum Gasteiger partial charge on any atom is -0.0770 e. The summed E-state index contributed by atoms with van der Waals surface area (Å²) in [6.45, 7) is 0. The van der Waals surface area contributed by atoms with Crippen molar-refractivity contribution in [3.05, 3.63) is 64.8 Å². The van der Waals surface area contributed by atoms with E-state index in [2.05, 4.69) is 48.6 Å². The van der Waals surface area contributed by atoms with Crippen molar-refractivity contribution in [2.24, 2.45) is 5.92 Å². The van der Waals surface area contributed by atoms with Gasteiger partial charge >= 0.3 is 0 Å². The van der Waals surface area contributed by atoms with Gasteiger partial charge in [0.25, 0.3) is 0 Å². The lowest BCUT2D eigenvalue weighted by atomic mass is 9.75. The first-order chi connectivity index (χ1) is 7.43. The Kier molecular flexibility index (Phi) is 1.29. The van der Waals surface area contributed by atoms with Crippen LogP contribution in [0.1, 0.15) is 22.6 Å². The van der Waals surface area contributed by atoms with Crippen LogP contribution in [-0.2, 0) is 6.42 Å². The van der Waals surface area contributed by atoms with Gasteiger partial charge in [-0.2, -0.15) is 0 Å². The maximum Gasteiger partial charge on any atom is 0.0249 e. The van der Waals surface area contributed by atoms with E-state index in [-0.39, 0.29) is 0 Å². The average molecular weight is 192 g/mol. The van der Waals surface area contributed by atoms with Crippen molar-refractivity contribution in [3.63, 3.8) is 0 Å². The Hall–Kier alpha value is -1.56. The molecule has 0 N–H and O–H groups in total. The van der Waals surface area contributed by atoms with Gasteiger partial charge in [0.2, 0.25) is 0 Å². The molecular weight excluding hydrogens is 180 g/mol. The van der Waals surface area contributed by atoms with Gasteiger partial charge in [0, 0.05) is 11.8 Å². The Morgan fingerprint density at radius 2 is 2.13 bits per heavy atom. The van der Waals surface area contributed by atoms with Crippen molar-refractivity contribution < 1.29 is 0 Å². The molecule has 0 saturated carbocycles. The first-order valence-corrected chi connectivity index (χ1v) is 5.62. The van der Waals surface area contributed by atoms with Crippen molar-refractivity contribution in [3.8, 4) is 0 Å². The summed E-state index contributed by atoms with van der Waals surface area (Å²) in [5.41, 5.74) is 6.16. The molecule has 3 aliphatic carbocycles. The normalized spacial score (nSPS) is 28.9. The fourth-order valence-electron chi connectivity index (χ4n) is 3.20. The summed E-state index contributed by atoms with van der Waals surface area (Å²) in [7, 11) is 0. The van der Waals surface area contributed by atoms with Crippen LogP contribution in [0.15, 0.2) is 48.1 Å². The summed E-state index contributed by atoms with van der Waals surface area (Å²) < 4.78 is 0. The van der Waals surface area contributed by atoms with E-state index >= 15 is 0 Å². The first-order valence-electron chi connectivity index (χ1n) is 5.62. The molecule has 3 aliphatic rings. The second-order valence-electron chi connectivity index (χ2n) is 4.62. The van der Waals surface area contributed by atoms with Gasteiger partial charge in [-0.1, -0.05) is 54.2 Å². The van der Waals surface area contributed by atoms with Crippen LogP contribution in [0.2, 0.25) is 0 Å². The highest BCUT2D eigenvalue weighted by Crippen LogP contribution is 2.47. The van der Waals surface area contributed by atoms with Gasteiger partial charge in [-0.3, -0.25) is 0 Å². The fourth-order valence-corrected chi connectivity index (χ4v) is 3.20. The van der Waals surface area contributed by atoms with E-state index in [0.29, 0.717) is 11.8 Å². The van der Waals surface area contributed by atoms with Crippen LogP contribution in [0, 0.1) is 5.92 Å². The van der Waals surface area contributed by atoms with Crippen LogP contribution >= 0.6 is 0 Å². The van der Waals surface area contributed by atoms with Crippen LogP contribution in [0.25, 0.3) is 6.08 Å². The minimum atomic E-state index is 0.574. The summed E-state index contributed by atoms with van der Waals surface area (Å²) >= 11 is 0. The molecule has 0 radical (unpaired) electrons. The largest absolute Gasteiger partial charge is 0.0770 e. The predicted molar refractivity (Wildman–Crippen MR) is 62.6 cm³/mol. The molecule has 0 bridgehead atoms. The van der Waals surface area contributed by atoms with Gasteiger partial charge in [0.05, 0.1) is 0 Å². The predicted octanol–water partition coefficient (Wildman–Crippen LogP) is 3.47. The number of hydrogen-bond donors (Lipinski definition) is 0. The Labute approximate surface area is 89.6 Å². The van der Waals surface area contributed by atoms with E-state index in [0.717, 1.165) is 0 Å². The maximum atomic E-state index is 2.36. The summed E-state index contributed by atoms with van der Waals surface area (Å²) in [6, 6.07) is 6.72. The third kappa shape index (κ3) is 0.872. The number of benzene rings is 1. The van der Waals surface area contributed by atoms with E-state index in [4.69, 9.17) is 0 Å². The minimum absolute atomic E-state index is 0.574. The van der Waals surface area contributed by atoms with Crippen molar-refractivity contribution in [1.82, 2.24) is 0 Å². The third-order valence-electron chi connectivity index (χ3n) is 3.87. The molecule has 0 spiro atoms. The zero-order chi connectivity index (χ0) is 9.83. The SMILES string of the molecule is C1=CC2Cc3cccc4c3C(C=C4)C2=C1. The van der Waals surface area contributed by atoms with Crippen molar-refractivity contribution in [2.75, 3.05) is 0 Å². The average Bonchev–Trinajstić information content (AvgIpc) is 2.85. The van der Waals surface area contributed by atoms with E-state index in [1.165, 1.54) is 12.0 Å². The van der Waals surface area contributed by atoms with Gasteiger partial charge in [-0.15, -0.1) is 0 Å². The van der Waals surface area contributed by atoms with Gasteiger partial charge in [0.1, 0.15) is 0 Å². The fraction of sp³-hybridized carbons (Fsp3) is 0.200. The highest BCUT2D eigenvalue weighted by molar-refractivity contribution is 5.69. The Balaban J connectivity index is 2.01. The summed E-state index contributed by atoms with van der Waals surface area (Å²) in [5, 5.41) is 0. The Morgan fingerprint density at radius 1 is 1.13 bits per heavy atom. The third-order valence-corrected chi connectivity index (χ3v) is 3.87. The summed E-state index contributed by atoms with van der Waals surface area (Å²) in [6.07, 6.45) is 12.7. The lowest BCUT2D eigenvalue weighted by molar-refractivity contribution is 0.672. The molecule has 0 amide bonds. The van der Waals surface area contributed by atoms with Crippen molar-refractivity contribution in [1.29, 1.82) is 0 Å². The monoisotopic (exact) mass is 192 g/mol. The molecule has 1 aromatic rings. The van der Waals surface area contributed by atoms with Crippen LogP contribution in [0.5, 0.6) is 0 Å². The van der Waals surface area contributed by atoms with Crippen LogP contribution < -0.4 is 0 Å².